The Morgan fingerprint density at radius 2 is 1.79 bits per heavy atom. The summed E-state index contributed by atoms with van der Waals surface area (Å²) in [5.41, 5.74) is 1.40. The highest BCUT2D eigenvalue weighted by Crippen LogP contribution is 2.28. The van der Waals surface area contributed by atoms with E-state index in [4.69, 9.17) is 25.8 Å². The van der Waals surface area contributed by atoms with Crippen LogP contribution < -0.4 is 14.8 Å². The van der Waals surface area contributed by atoms with Crippen LogP contribution >= 0.6 is 11.6 Å². The van der Waals surface area contributed by atoms with Gasteiger partial charge in [0, 0.05) is 11.1 Å². The smallest absolute Gasteiger partial charge is 0.307 e. The lowest BCUT2D eigenvalue weighted by Gasteiger charge is -2.18. The molecule has 0 spiro atoms. The van der Waals surface area contributed by atoms with E-state index in [1.165, 1.54) is 13.2 Å². The highest BCUT2D eigenvalue weighted by molar-refractivity contribution is 6.31. The van der Waals surface area contributed by atoms with Gasteiger partial charge in [0.2, 0.25) is 5.91 Å². The Bertz CT molecular complexity index is 866. The summed E-state index contributed by atoms with van der Waals surface area (Å²) in [6.07, 6.45) is 2.98. The molecule has 0 aliphatic heterocycles. The molecule has 1 N–H and O–H groups in total. The van der Waals surface area contributed by atoms with Gasteiger partial charge in [0.25, 0.3) is 0 Å². The van der Waals surface area contributed by atoms with E-state index in [9.17, 15) is 9.59 Å². The molecule has 0 bridgehead atoms. The summed E-state index contributed by atoms with van der Waals surface area (Å²) >= 11 is 6.22. The van der Waals surface area contributed by atoms with Crippen LogP contribution in [0.3, 0.4) is 0 Å². The van der Waals surface area contributed by atoms with E-state index in [1.807, 2.05) is 0 Å². The Hall–Kier alpha value is -2.99. The van der Waals surface area contributed by atoms with Gasteiger partial charge in [-0.15, -0.1) is 0 Å². The van der Waals surface area contributed by atoms with Crippen LogP contribution in [0.4, 0.5) is 0 Å². The minimum atomic E-state index is -0.608. The number of amides is 1. The van der Waals surface area contributed by atoms with E-state index in [-0.39, 0.29) is 12.3 Å². The first-order valence-electron chi connectivity index (χ1n) is 8.50. The maximum atomic E-state index is 12.4. The normalized spacial score (nSPS) is 11.7. The fraction of sp³-hybridized carbons (Fsp3) is 0.238. The first kappa shape index (κ1) is 21.3. The van der Waals surface area contributed by atoms with Gasteiger partial charge < -0.3 is 19.5 Å². The monoisotopic (exact) mass is 403 g/mol. The number of benzene rings is 2. The van der Waals surface area contributed by atoms with Gasteiger partial charge in [0.05, 0.1) is 33.8 Å². The zero-order valence-corrected chi connectivity index (χ0v) is 16.7. The maximum absolute atomic E-state index is 12.4. The molecule has 1 atom stereocenters. The van der Waals surface area contributed by atoms with E-state index in [1.54, 1.807) is 62.8 Å². The Morgan fingerprint density at radius 1 is 1.07 bits per heavy atom. The van der Waals surface area contributed by atoms with Crippen LogP contribution in [-0.2, 0) is 14.3 Å². The second kappa shape index (κ2) is 10.4. The second-order valence-electron chi connectivity index (χ2n) is 5.81. The van der Waals surface area contributed by atoms with Crippen molar-refractivity contribution in [3.05, 3.63) is 64.7 Å². The summed E-state index contributed by atoms with van der Waals surface area (Å²) in [5, 5.41) is 3.25. The fourth-order valence-electron chi connectivity index (χ4n) is 2.59. The number of halogens is 1. The van der Waals surface area contributed by atoms with Gasteiger partial charge in [-0.05, 0) is 35.4 Å². The van der Waals surface area contributed by atoms with E-state index < -0.39 is 12.0 Å². The van der Waals surface area contributed by atoms with Crippen molar-refractivity contribution in [3.63, 3.8) is 0 Å². The van der Waals surface area contributed by atoms with Crippen molar-refractivity contribution in [3.8, 4) is 11.5 Å². The molecule has 0 aromatic heterocycles. The third-order valence-electron chi connectivity index (χ3n) is 4.03. The Kier molecular flexibility index (Phi) is 7.89. The van der Waals surface area contributed by atoms with Gasteiger partial charge in [-0.25, -0.2) is 0 Å². The van der Waals surface area contributed by atoms with Gasteiger partial charge in [0.1, 0.15) is 0 Å². The van der Waals surface area contributed by atoms with Crippen molar-refractivity contribution in [1.29, 1.82) is 0 Å². The fourth-order valence-corrected chi connectivity index (χ4v) is 2.86. The van der Waals surface area contributed by atoms with Crippen molar-refractivity contribution in [1.82, 2.24) is 5.32 Å². The van der Waals surface area contributed by atoms with Gasteiger partial charge in [0.15, 0.2) is 11.5 Å². The van der Waals surface area contributed by atoms with Crippen molar-refractivity contribution >= 4 is 29.6 Å². The summed E-state index contributed by atoms with van der Waals surface area (Å²) < 4.78 is 15.2. The molecule has 2 aromatic carbocycles. The molecular weight excluding hydrogens is 382 g/mol. The molecule has 0 aliphatic rings. The predicted molar refractivity (Wildman–Crippen MR) is 108 cm³/mol. The molecule has 2 rings (SSSR count). The number of carbonyl (C=O) groups is 2. The lowest BCUT2D eigenvalue weighted by Crippen LogP contribution is -2.29. The molecule has 148 valence electrons. The Balaban J connectivity index is 2.16. The highest BCUT2D eigenvalue weighted by Gasteiger charge is 2.20. The van der Waals surface area contributed by atoms with Gasteiger partial charge in [-0.2, -0.15) is 0 Å². The summed E-state index contributed by atoms with van der Waals surface area (Å²) in [5.74, 6) is 0.336. The number of ether oxygens (including phenoxy) is 3. The molecule has 0 saturated heterocycles. The van der Waals surface area contributed by atoms with Crippen LogP contribution in [0.2, 0.25) is 5.02 Å². The Labute approximate surface area is 169 Å². The summed E-state index contributed by atoms with van der Waals surface area (Å²) in [6, 6.07) is 11.7. The molecule has 7 heteroatoms. The van der Waals surface area contributed by atoms with E-state index in [0.717, 1.165) is 5.56 Å². The summed E-state index contributed by atoms with van der Waals surface area (Å²) in [7, 11) is 4.39. The standard InChI is InChI=1S/C21H22ClNO5/c1-26-18-10-8-14(12-19(18)27-2)9-11-20(24)23-17(13-21(25)28-3)15-6-4-5-7-16(15)22/h4-12,17H,13H2,1-3H3,(H,23,24)/b11-9+. The van der Waals surface area contributed by atoms with Gasteiger partial charge >= 0.3 is 5.97 Å². The average Bonchev–Trinajstić information content (AvgIpc) is 2.71. The van der Waals surface area contributed by atoms with Gasteiger partial charge in [-0.1, -0.05) is 35.9 Å². The van der Waals surface area contributed by atoms with Crippen molar-refractivity contribution in [2.75, 3.05) is 21.3 Å². The molecule has 0 saturated carbocycles. The number of methoxy groups -OCH3 is 3. The van der Waals surface area contributed by atoms with Crippen molar-refractivity contribution < 1.29 is 23.8 Å². The molecule has 0 aliphatic carbocycles. The quantitative estimate of drug-likeness (QED) is 0.536. The molecule has 2 aromatic rings. The van der Waals surface area contributed by atoms with E-state index in [0.29, 0.717) is 22.1 Å². The van der Waals surface area contributed by atoms with Crippen LogP contribution in [0.5, 0.6) is 11.5 Å². The van der Waals surface area contributed by atoms with Crippen molar-refractivity contribution in [2.45, 2.75) is 12.5 Å². The summed E-state index contributed by atoms with van der Waals surface area (Å²) in [6.45, 7) is 0. The number of hydrogen-bond donors (Lipinski definition) is 1. The number of esters is 1. The second-order valence-corrected chi connectivity index (χ2v) is 6.22. The maximum Gasteiger partial charge on any atom is 0.307 e. The van der Waals surface area contributed by atoms with E-state index in [2.05, 4.69) is 5.32 Å². The average molecular weight is 404 g/mol. The third kappa shape index (κ3) is 5.76. The van der Waals surface area contributed by atoms with Gasteiger partial charge in [-0.3, -0.25) is 9.59 Å². The largest absolute Gasteiger partial charge is 0.493 e. The zero-order chi connectivity index (χ0) is 20.5. The zero-order valence-electron chi connectivity index (χ0n) is 15.9. The van der Waals surface area contributed by atoms with Crippen molar-refractivity contribution in [2.24, 2.45) is 0 Å². The van der Waals surface area contributed by atoms with Crippen LogP contribution in [0.15, 0.2) is 48.5 Å². The predicted octanol–water partition coefficient (Wildman–Crippen LogP) is 3.79. The first-order valence-corrected chi connectivity index (χ1v) is 8.88. The molecule has 0 radical (unpaired) electrons. The SMILES string of the molecule is COC(=O)CC(NC(=O)/C=C/c1ccc(OC)c(OC)c1)c1ccccc1Cl. The molecule has 6 nitrogen and oxygen atoms in total. The van der Waals surface area contributed by atoms with Crippen LogP contribution in [-0.4, -0.2) is 33.2 Å². The number of hydrogen-bond acceptors (Lipinski definition) is 5. The molecule has 0 fully saturated rings. The number of nitrogens with one attached hydrogen (secondary N) is 1. The number of rotatable bonds is 8. The lowest BCUT2D eigenvalue weighted by molar-refractivity contribution is -0.141. The molecule has 28 heavy (non-hydrogen) atoms. The lowest BCUT2D eigenvalue weighted by atomic mass is 10.0. The topological polar surface area (TPSA) is 73.9 Å². The van der Waals surface area contributed by atoms with Crippen LogP contribution in [0.1, 0.15) is 23.6 Å². The van der Waals surface area contributed by atoms with E-state index >= 15 is 0 Å². The molecule has 1 unspecified atom stereocenters. The molecular formula is C21H22ClNO5. The minimum absolute atomic E-state index is 0.0316. The summed E-state index contributed by atoms with van der Waals surface area (Å²) in [4.78, 5) is 24.1. The van der Waals surface area contributed by atoms with Crippen LogP contribution in [0.25, 0.3) is 6.08 Å². The number of carbonyl (C=O) groups excluding carboxylic acids is 2. The third-order valence-corrected chi connectivity index (χ3v) is 4.37. The van der Waals surface area contributed by atoms with Crippen LogP contribution in [0, 0.1) is 0 Å². The molecule has 1 amide bonds. The molecule has 0 heterocycles. The highest BCUT2D eigenvalue weighted by atomic mass is 35.5. The first-order chi connectivity index (χ1) is 13.5. The Morgan fingerprint density at radius 3 is 2.43 bits per heavy atom. The minimum Gasteiger partial charge on any atom is -0.493 e.